The Balaban J connectivity index is 1.80. The van der Waals surface area contributed by atoms with Crippen molar-refractivity contribution in [2.75, 3.05) is 0 Å². The van der Waals surface area contributed by atoms with E-state index in [2.05, 4.69) is 19.9 Å². The zero-order valence-electron chi connectivity index (χ0n) is 13.2. The molecule has 0 radical (unpaired) electrons. The van der Waals surface area contributed by atoms with Gasteiger partial charge in [-0.3, -0.25) is 4.79 Å². The third kappa shape index (κ3) is 1.72. The maximum Gasteiger partial charge on any atom is 0.158 e. The van der Waals surface area contributed by atoms with Crippen LogP contribution in [0.2, 0.25) is 0 Å². The van der Waals surface area contributed by atoms with Crippen LogP contribution in [0, 0.1) is 22.7 Å². The number of fused-ring (bicyclic) bond motifs is 5. The summed E-state index contributed by atoms with van der Waals surface area (Å²) >= 11 is 0. The fraction of sp³-hybridized carbons (Fsp3) is 0.737. The lowest BCUT2D eigenvalue weighted by Gasteiger charge is -2.54. The number of carbonyl (C=O) groups is 1. The average molecular weight is 286 g/mol. The lowest BCUT2D eigenvalue weighted by Crippen LogP contribution is -2.49. The van der Waals surface area contributed by atoms with Crippen LogP contribution in [0.25, 0.3) is 0 Å². The summed E-state index contributed by atoms with van der Waals surface area (Å²) in [4.78, 5) is 11.8. The molecule has 5 atom stereocenters. The number of rotatable bonds is 0. The molecule has 2 nitrogen and oxygen atoms in total. The van der Waals surface area contributed by atoms with E-state index in [1.165, 1.54) is 36.8 Å². The Labute approximate surface area is 127 Å². The molecule has 2 saturated carbocycles. The second-order valence-electron chi connectivity index (χ2n) is 8.22. The van der Waals surface area contributed by atoms with E-state index in [-0.39, 0.29) is 11.2 Å². The fourth-order valence-electron chi connectivity index (χ4n) is 5.90. The van der Waals surface area contributed by atoms with Crippen molar-refractivity contribution < 1.29 is 9.90 Å². The van der Waals surface area contributed by atoms with Crippen LogP contribution in [0.15, 0.2) is 23.3 Å². The number of aliphatic hydroxyl groups is 1. The van der Waals surface area contributed by atoms with Gasteiger partial charge in [-0.1, -0.05) is 30.6 Å². The Kier molecular flexibility index (Phi) is 2.83. The molecule has 0 amide bonds. The van der Waals surface area contributed by atoms with Gasteiger partial charge in [0, 0.05) is 11.8 Å². The summed E-state index contributed by atoms with van der Waals surface area (Å²) in [6, 6.07) is 0. The number of aliphatic hydroxyl groups excluding tert-OH is 1. The monoisotopic (exact) mass is 286 g/mol. The largest absolute Gasteiger partial charge is 0.391 e. The first kappa shape index (κ1) is 13.8. The summed E-state index contributed by atoms with van der Waals surface area (Å²) < 4.78 is 0. The van der Waals surface area contributed by atoms with Crippen molar-refractivity contribution in [1.29, 1.82) is 0 Å². The molecule has 4 rings (SSSR count). The predicted octanol–water partition coefficient (Wildman–Crippen LogP) is 3.80. The molecule has 0 aliphatic heterocycles. The van der Waals surface area contributed by atoms with Crippen molar-refractivity contribution in [2.24, 2.45) is 22.7 Å². The molecule has 21 heavy (non-hydrogen) atoms. The summed E-state index contributed by atoms with van der Waals surface area (Å²) in [5.41, 5.74) is 2.88. The van der Waals surface area contributed by atoms with E-state index in [1.54, 1.807) is 0 Å². The van der Waals surface area contributed by atoms with E-state index in [1.807, 2.05) is 6.08 Å². The van der Waals surface area contributed by atoms with Crippen LogP contribution in [0.4, 0.5) is 0 Å². The molecule has 0 bridgehead atoms. The highest BCUT2D eigenvalue weighted by atomic mass is 16.3. The maximum atomic E-state index is 11.8. The fourth-order valence-corrected chi connectivity index (χ4v) is 5.90. The lowest BCUT2D eigenvalue weighted by molar-refractivity contribution is -0.119. The zero-order valence-corrected chi connectivity index (χ0v) is 13.2. The molecule has 2 fully saturated rings. The van der Waals surface area contributed by atoms with Gasteiger partial charge in [-0.2, -0.15) is 0 Å². The smallest absolute Gasteiger partial charge is 0.158 e. The Morgan fingerprint density at radius 3 is 2.90 bits per heavy atom. The molecular formula is C19H26O2. The second-order valence-corrected chi connectivity index (χ2v) is 8.22. The van der Waals surface area contributed by atoms with Crippen LogP contribution in [0.5, 0.6) is 0 Å². The topological polar surface area (TPSA) is 37.3 Å². The SMILES string of the molecule is C[C@@]12C(=CC(=O)CC1O)CC[C@@H]1C2=CC[C@]2(C)CCC[C@@H]12. The summed E-state index contributed by atoms with van der Waals surface area (Å²) in [5, 5.41) is 10.7. The van der Waals surface area contributed by atoms with Gasteiger partial charge in [-0.05, 0) is 62.4 Å². The number of ketones is 1. The van der Waals surface area contributed by atoms with Crippen molar-refractivity contribution in [3.8, 4) is 0 Å². The van der Waals surface area contributed by atoms with E-state index in [9.17, 15) is 9.90 Å². The lowest BCUT2D eigenvalue weighted by atomic mass is 9.51. The van der Waals surface area contributed by atoms with Crippen LogP contribution < -0.4 is 0 Å². The summed E-state index contributed by atoms with van der Waals surface area (Å²) in [7, 11) is 0. The predicted molar refractivity (Wildman–Crippen MR) is 82.7 cm³/mol. The Hall–Kier alpha value is -0.890. The first-order chi connectivity index (χ1) is 9.95. The number of hydrogen-bond donors (Lipinski definition) is 1. The molecule has 0 saturated heterocycles. The van der Waals surface area contributed by atoms with E-state index in [0.29, 0.717) is 17.8 Å². The van der Waals surface area contributed by atoms with Gasteiger partial charge in [0.2, 0.25) is 0 Å². The standard InChI is InChI=1S/C19H26O2/c1-18-8-3-4-15(18)14-6-5-12-10-13(20)11-17(21)19(12,2)16(14)7-9-18/h7,10,14-15,17,21H,3-6,8-9,11H2,1-2H3/t14-,15-,17?,18-,19-/m0/s1. The van der Waals surface area contributed by atoms with Crippen molar-refractivity contribution in [3.05, 3.63) is 23.3 Å². The Bertz CT molecular complexity index is 558. The van der Waals surface area contributed by atoms with E-state index in [4.69, 9.17) is 0 Å². The van der Waals surface area contributed by atoms with Crippen LogP contribution in [0.3, 0.4) is 0 Å². The molecule has 0 spiro atoms. The molecule has 1 unspecified atom stereocenters. The minimum Gasteiger partial charge on any atom is -0.391 e. The second kappa shape index (κ2) is 4.32. The molecule has 1 N–H and O–H groups in total. The molecule has 0 aromatic heterocycles. The quantitative estimate of drug-likeness (QED) is 0.688. The number of carbonyl (C=O) groups excluding carboxylic acids is 1. The highest BCUT2D eigenvalue weighted by molar-refractivity contribution is 5.92. The number of allylic oxidation sites excluding steroid dienone is 2. The van der Waals surface area contributed by atoms with Gasteiger partial charge in [0.15, 0.2) is 5.78 Å². The summed E-state index contributed by atoms with van der Waals surface area (Å²) in [5.74, 6) is 1.53. The maximum absolute atomic E-state index is 11.8. The minimum absolute atomic E-state index is 0.107. The first-order valence-corrected chi connectivity index (χ1v) is 8.57. The molecule has 0 heterocycles. The number of hydrogen-bond acceptors (Lipinski definition) is 2. The molecular weight excluding hydrogens is 260 g/mol. The van der Waals surface area contributed by atoms with Crippen molar-refractivity contribution >= 4 is 5.78 Å². The van der Waals surface area contributed by atoms with Crippen LogP contribution in [-0.4, -0.2) is 17.0 Å². The average Bonchev–Trinajstić information content (AvgIpc) is 2.82. The Morgan fingerprint density at radius 2 is 2.10 bits per heavy atom. The molecule has 0 aromatic rings. The van der Waals surface area contributed by atoms with Gasteiger partial charge >= 0.3 is 0 Å². The van der Waals surface area contributed by atoms with Crippen LogP contribution in [-0.2, 0) is 4.79 Å². The van der Waals surface area contributed by atoms with Gasteiger partial charge in [0.05, 0.1) is 6.10 Å². The van der Waals surface area contributed by atoms with Gasteiger partial charge in [0.25, 0.3) is 0 Å². The molecule has 4 aliphatic rings. The van der Waals surface area contributed by atoms with Crippen LogP contribution in [0.1, 0.15) is 58.8 Å². The van der Waals surface area contributed by atoms with Gasteiger partial charge in [0.1, 0.15) is 0 Å². The van der Waals surface area contributed by atoms with Gasteiger partial charge in [-0.25, -0.2) is 0 Å². The zero-order chi connectivity index (χ0) is 14.8. The normalized spacial score (nSPS) is 48.9. The molecule has 2 heteroatoms. The van der Waals surface area contributed by atoms with Crippen molar-refractivity contribution in [3.63, 3.8) is 0 Å². The highest BCUT2D eigenvalue weighted by Gasteiger charge is 2.55. The molecule has 4 aliphatic carbocycles. The van der Waals surface area contributed by atoms with Gasteiger partial charge < -0.3 is 5.11 Å². The summed E-state index contributed by atoms with van der Waals surface area (Å²) in [6.07, 6.45) is 11.5. The highest BCUT2D eigenvalue weighted by Crippen LogP contribution is 2.62. The molecule has 0 aromatic carbocycles. The van der Waals surface area contributed by atoms with E-state index in [0.717, 1.165) is 18.8 Å². The van der Waals surface area contributed by atoms with E-state index >= 15 is 0 Å². The molecule has 114 valence electrons. The third-order valence-electron chi connectivity index (χ3n) is 7.22. The van der Waals surface area contributed by atoms with Crippen molar-refractivity contribution in [1.82, 2.24) is 0 Å². The first-order valence-electron chi connectivity index (χ1n) is 8.57. The van der Waals surface area contributed by atoms with E-state index < -0.39 is 6.10 Å². The van der Waals surface area contributed by atoms with Crippen LogP contribution >= 0.6 is 0 Å². The van der Waals surface area contributed by atoms with Gasteiger partial charge in [-0.15, -0.1) is 0 Å². The third-order valence-corrected chi connectivity index (χ3v) is 7.22. The summed E-state index contributed by atoms with van der Waals surface area (Å²) in [6.45, 7) is 4.65. The van der Waals surface area contributed by atoms with Crippen molar-refractivity contribution in [2.45, 2.75) is 64.9 Å². The Morgan fingerprint density at radius 1 is 1.29 bits per heavy atom. The minimum atomic E-state index is -0.523.